The molecule has 0 aliphatic carbocycles. The first-order chi connectivity index (χ1) is 9.56. The maximum atomic E-state index is 6.03. The summed E-state index contributed by atoms with van der Waals surface area (Å²) in [4.78, 5) is 0. The number of ether oxygens (including phenoxy) is 1. The Hall–Kier alpha value is -1.52. The summed E-state index contributed by atoms with van der Waals surface area (Å²) in [6.45, 7) is 4.74. The molecule has 1 aromatic heterocycles. The van der Waals surface area contributed by atoms with E-state index < -0.39 is 0 Å². The van der Waals surface area contributed by atoms with Gasteiger partial charge in [-0.25, -0.2) is 0 Å². The Morgan fingerprint density at radius 3 is 2.80 bits per heavy atom. The van der Waals surface area contributed by atoms with E-state index >= 15 is 0 Å². The number of hydrogen-bond acceptors (Lipinski definition) is 4. The minimum atomic E-state index is 0.00764. The first kappa shape index (κ1) is 14.9. The van der Waals surface area contributed by atoms with E-state index in [2.05, 4.69) is 19.0 Å². The minimum absolute atomic E-state index is 0.00764. The average molecular weight is 295 g/mol. The molecule has 0 radical (unpaired) electrons. The molecule has 0 aliphatic rings. The summed E-state index contributed by atoms with van der Waals surface area (Å²) in [6, 6.07) is 7.18. The van der Waals surface area contributed by atoms with Crippen LogP contribution in [0.15, 0.2) is 35.0 Å². The smallest absolute Gasteiger partial charge is 0.170 e. The molecule has 5 heteroatoms. The van der Waals surface area contributed by atoms with Crippen molar-refractivity contribution in [3.8, 4) is 17.1 Å². The van der Waals surface area contributed by atoms with Crippen LogP contribution in [0.5, 0.6) is 5.75 Å². The van der Waals surface area contributed by atoms with Crippen LogP contribution < -0.4 is 10.5 Å². The van der Waals surface area contributed by atoms with Gasteiger partial charge in [-0.15, -0.1) is 0 Å². The highest BCUT2D eigenvalue weighted by atomic mass is 35.5. The number of benzene rings is 1. The molecule has 1 aromatic carbocycles. The third kappa shape index (κ3) is 3.99. The summed E-state index contributed by atoms with van der Waals surface area (Å²) in [5, 5.41) is 4.33. The SMILES string of the molecule is CC(C)C[C@H](N)COc1ccc(Cl)cc1-c1ccno1. The van der Waals surface area contributed by atoms with Crippen LogP contribution in [-0.2, 0) is 0 Å². The molecule has 0 unspecified atom stereocenters. The zero-order valence-corrected chi connectivity index (χ0v) is 12.4. The maximum Gasteiger partial charge on any atom is 0.170 e. The van der Waals surface area contributed by atoms with Gasteiger partial charge in [0, 0.05) is 17.1 Å². The number of nitrogens with zero attached hydrogens (tertiary/aromatic N) is 1. The zero-order chi connectivity index (χ0) is 14.5. The van der Waals surface area contributed by atoms with Crippen LogP contribution in [0.2, 0.25) is 5.02 Å². The second kappa shape index (κ2) is 6.77. The van der Waals surface area contributed by atoms with Crippen LogP contribution in [0.3, 0.4) is 0 Å². The van der Waals surface area contributed by atoms with Crippen LogP contribution in [0, 0.1) is 5.92 Å². The fourth-order valence-electron chi connectivity index (χ4n) is 2.05. The van der Waals surface area contributed by atoms with E-state index in [9.17, 15) is 0 Å². The van der Waals surface area contributed by atoms with Gasteiger partial charge in [-0.3, -0.25) is 0 Å². The fourth-order valence-corrected chi connectivity index (χ4v) is 2.22. The third-order valence-corrected chi connectivity index (χ3v) is 3.11. The van der Waals surface area contributed by atoms with Gasteiger partial charge in [-0.1, -0.05) is 30.6 Å². The molecular formula is C15H19ClN2O2. The molecule has 0 fully saturated rings. The monoisotopic (exact) mass is 294 g/mol. The first-order valence-corrected chi connectivity index (χ1v) is 7.03. The van der Waals surface area contributed by atoms with E-state index in [4.69, 9.17) is 26.6 Å². The van der Waals surface area contributed by atoms with E-state index in [1.54, 1.807) is 24.4 Å². The molecule has 2 N–H and O–H groups in total. The van der Waals surface area contributed by atoms with Crippen molar-refractivity contribution in [3.05, 3.63) is 35.5 Å². The van der Waals surface area contributed by atoms with Gasteiger partial charge in [-0.2, -0.15) is 0 Å². The minimum Gasteiger partial charge on any atom is -0.491 e. The Morgan fingerprint density at radius 2 is 2.15 bits per heavy atom. The van der Waals surface area contributed by atoms with Crippen molar-refractivity contribution >= 4 is 11.6 Å². The molecule has 4 nitrogen and oxygen atoms in total. The van der Waals surface area contributed by atoms with Gasteiger partial charge in [0.1, 0.15) is 12.4 Å². The van der Waals surface area contributed by atoms with Crippen molar-refractivity contribution in [1.82, 2.24) is 5.16 Å². The lowest BCUT2D eigenvalue weighted by atomic mass is 10.1. The van der Waals surface area contributed by atoms with Gasteiger partial charge in [-0.05, 0) is 30.5 Å². The molecule has 108 valence electrons. The van der Waals surface area contributed by atoms with E-state index in [0.717, 1.165) is 12.0 Å². The Labute approximate surface area is 123 Å². The molecule has 1 atom stereocenters. The topological polar surface area (TPSA) is 61.3 Å². The van der Waals surface area contributed by atoms with Crippen molar-refractivity contribution in [2.24, 2.45) is 11.7 Å². The van der Waals surface area contributed by atoms with E-state index in [0.29, 0.717) is 29.1 Å². The summed E-state index contributed by atoms with van der Waals surface area (Å²) in [7, 11) is 0. The molecule has 0 bridgehead atoms. The third-order valence-electron chi connectivity index (χ3n) is 2.87. The number of aromatic nitrogens is 1. The molecule has 0 saturated heterocycles. The second-order valence-electron chi connectivity index (χ2n) is 5.22. The lowest BCUT2D eigenvalue weighted by Crippen LogP contribution is -2.29. The Balaban J connectivity index is 2.12. The fraction of sp³-hybridized carbons (Fsp3) is 0.400. The van der Waals surface area contributed by atoms with Gasteiger partial charge < -0.3 is 15.0 Å². The van der Waals surface area contributed by atoms with Crippen LogP contribution >= 0.6 is 11.6 Å². The van der Waals surface area contributed by atoms with Crippen LogP contribution in [0.4, 0.5) is 0 Å². The Morgan fingerprint density at radius 1 is 1.35 bits per heavy atom. The summed E-state index contributed by atoms with van der Waals surface area (Å²) in [6.07, 6.45) is 2.51. The number of halogens is 1. The molecule has 20 heavy (non-hydrogen) atoms. The maximum absolute atomic E-state index is 6.03. The highest BCUT2D eigenvalue weighted by Gasteiger charge is 2.13. The highest BCUT2D eigenvalue weighted by molar-refractivity contribution is 6.30. The number of nitrogens with two attached hydrogens (primary N) is 1. The molecule has 0 spiro atoms. The van der Waals surface area contributed by atoms with E-state index in [-0.39, 0.29) is 6.04 Å². The molecule has 1 heterocycles. The summed E-state index contributed by atoms with van der Waals surface area (Å²) >= 11 is 6.02. The largest absolute Gasteiger partial charge is 0.491 e. The molecular weight excluding hydrogens is 276 g/mol. The Bertz CT molecular complexity index is 541. The molecule has 2 rings (SSSR count). The summed E-state index contributed by atoms with van der Waals surface area (Å²) in [5.41, 5.74) is 6.82. The van der Waals surface area contributed by atoms with Gasteiger partial charge in [0.25, 0.3) is 0 Å². The molecule has 0 aliphatic heterocycles. The molecule has 2 aromatic rings. The normalized spacial score (nSPS) is 12.7. The van der Waals surface area contributed by atoms with Crippen LogP contribution in [-0.4, -0.2) is 17.8 Å². The first-order valence-electron chi connectivity index (χ1n) is 6.65. The zero-order valence-electron chi connectivity index (χ0n) is 11.7. The van der Waals surface area contributed by atoms with Gasteiger partial charge >= 0.3 is 0 Å². The van der Waals surface area contributed by atoms with E-state index in [1.807, 2.05) is 6.07 Å². The quantitative estimate of drug-likeness (QED) is 0.881. The van der Waals surface area contributed by atoms with Gasteiger partial charge in [0.2, 0.25) is 0 Å². The van der Waals surface area contributed by atoms with Crippen molar-refractivity contribution in [2.75, 3.05) is 6.61 Å². The van der Waals surface area contributed by atoms with Crippen molar-refractivity contribution in [3.63, 3.8) is 0 Å². The molecule has 0 amide bonds. The van der Waals surface area contributed by atoms with Crippen molar-refractivity contribution < 1.29 is 9.26 Å². The predicted molar refractivity (Wildman–Crippen MR) is 79.9 cm³/mol. The van der Waals surface area contributed by atoms with Crippen molar-refractivity contribution in [2.45, 2.75) is 26.3 Å². The van der Waals surface area contributed by atoms with Crippen molar-refractivity contribution in [1.29, 1.82) is 0 Å². The lowest BCUT2D eigenvalue weighted by Gasteiger charge is -2.16. The van der Waals surface area contributed by atoms with Gasteiger partial charge in [0.05, 0.1) is 11.8 Å². The summed E-state index contributed by atoms with van der Waals surface area (Å²) in [5.74, 6) is 1.87. The second-order valence-corrected chi connectivity index (χ2v) is 5.65. The Kier molecular flexibility index (Phi) is 5.04. The average Bonchev–Trinajstić information content (AvgIpc) is 2.90. The van der Waals surface area contributed by atoms with Crippen LogP contribution in [0.25, 0.3) is 11.3 Å². The standard InChI is InChI=1S/C15H19ClN2O2/c1-10(2)7-12(17)9-19-14-4-3-11(16)8-13(14)15-5-6-18-20-15/h3-6,8,10,12H,7,9,17H2,1-2H3/t12-/m0/s1. The number of hydrogen-bond donors (Lipinski definition) is 1. The van der Waals surface area contributed by atoms with Gasteiger partial charge in [0.15, 0.2) is 5.76 Å². The predicted octanol–water partition coefficient (Wildman–Crippen LogP) is 3.75. The summed E-state index contributed by atoms with van der Waals surface area (Å²) < 4.78 is 11.0. The number of rotatable bonds is 6. The van der Waals surface area contributed by atoms with E-state index in [1.165, 1.54) is 0 Å². The van der Waals surface area contributed by atoms with Crippen LogP contribution in [0.1, 0.15) is 20.3 Å². The highest BCUT2D eigenvalue weighted by Crippen LogP contribution is 2.32. The molecule has 0 saturated carbocycles. The lowest BCUT2D eigenvalue weighted by molar-refractivity contribution is 0.271.